The highest BCUT2D eigenvalue weighted by molar-refractivity contribution is 5.75. The molecule has 1 aliphatic heterocycles. The number of hydrogen-bond acceptors (Lipinski definition) is 5. The highest BCUT2D eigenvalue weighted by Crippen LogP contribution is 2.37. The van der Waals surface area contributed by atoms with Crippen LogP contribution in [0.5, 0.6) is 17.2 Å². The molecule has 0 fully saturated rings. The number of benzene rings is 1. The van der Waals surface area contributed by atoms with Gasteiger partial charge in [-0.2, -0.15) is 0 Å². The maximum atomic E-state index is 11.6. The number of fused-ring (bicyclic) bond motifs is 1. The Bertz CT molecular complexity index is 455. The maximum Gasteiger partial charge on any atom is 0.347 e. The van der Waals surface area contributed by atoms with Crippen molar-refractivity contribution < 1.29 is 24.1 Å². The van der Waals surface area contributed by atoms with Gasteiger partial charge in [-0.3, -0.25) is 0 Å². The molecule has 98 valence electrons. The Balaban J connectivity index is 2.20. The first-order valence-corrected chi connectivity index (χ1v) is 5.89. The van der Waals surface area contributed by atoms with Crippen LogP contribution in [-0.2, 0) is 16.0 Å². The minimum Gasteiger partial charge on any atom is -0.504 e. The lowest BCUT2D eigenvalue weighted by molar-refractivity contribution is -0.152. The summed E-state index contributed by atoms with van der Waals surface area (Å²) >= 11 is 0. The molecular weight excluding hydrogens is 236 g/mol. The van der Waals surface area contributed by atoms with Crippen molar-refractivity contribution in [3.63, 3.8) is 0 Å². The van der Waals surface area contributed by atoms with E-state index >= 15 is 0 Å². The Kier molecular flexibility index (Phi) is 3.60. The minimum absolute atomic E-state index is 0.0782. The smallest absolute Gasteiger partial charge is 0.347 e. The number of methoxy groups -OCH3 is 1. The molecule has 0 radical (unpaired) electrons. The van der Waals surface area contributed by atoms with Gasteiger partial charge in [0.25, 0.3) is 0 Å². The van der Waals surface area contributed by atoms with Crippen molar-refractivity contribution in [3.8, 4) is 17.2 Å². The van der Waals surface area contributed by atoms with Gasteiger partial charge in [0, 0.05) is 6.07 Å². The molecule has 0 spiro atoms. The molecule has 0 bridgehead atoms. The highest BCUT2D eigenvalue weighted by atomic mass is 16.6. The molecule has 0 saturated heterocycles. The number of phenols is 1. The molecule has 18 heavy (non-hydrogen) atoms. The first-order chi connectivity index (χ1) is 8.65. The van der Waals surface area contributed by atoms with Crippen molar-refractivity contribution in [2.75, 3.05) is 13.7 Å². The maximum absolute atomic E-state index is 11.6. The Morgan fingerprint density at radius 2 is 2.33 bits per heavy atom. The van der Waals surface area contributed by atoms with Crippen LogP contribution in [-0.4, -0.2) is 30.9 Å². The van der Waals surface area contributed by atoms with Crippen molar-refractivity contribution in [1.29, 1.82) is 0 Å². The quantitative estimate of drug-likeness (QED) is 0.829. The lowest BCUT2D eigenvalue weighted by Gasteiger charge is -2.25. The van der Waals surface area contributed by atoms with Crippen molar-refractivity contribution in [3.05, 3.63) is 17.7 Å². The van der Waals surface area contributed by atoms with Gasteiger partial charge in [0.05, 0.1) is 13.7 Å². The van der Waals surface area contributed by atoms with Crippen LogP contribution >= 0.6 is 0 Å². The normalized spacial score (nSPS) is 17.6. The number of esters is 1. The lowest BCUT2D eigenvalue weighted by Crippen LogP contribution is -2.32. The van der Waals surface area contributed by atoms with Crippen molar-refractivity contribution in [2.24, 2.45) is 0 Å². The number of rotatable bonds is 3. The van der Waals surface area contributed by atoms with Crippen LogP contribution in [0.1, 0.15) is 18.9 Å². The summed E-state index contributed by atoms with van der Waals surface area (Å²) in [5.41, 5.74) is 0.869. The number of ether oxygens (including phenoxy) is 3. The molecule has 5 heteroatoms. The summed E-state index contributed by atoms with van der Waals surface area (Å²) in [5.74, 6) is 0.622. The van der Waals surface area contributed by atoms with Crippen molar-refractivity contribution >= 4 is 5.97 Å². The molecule has 0 amide bonds. The fourth-order valence-electron chi connectivity index (χ4n) is 1.96. The SMILES string of the molecule is CCOC(=O)C1CCc2cc(O)c(OC)cc2O1. The monoisotopic (exact) mass is 252 g/mol. The van der Waals surface area contributed by atoms with Gasteiger partial charge in [-0.25, -0.2) is 4.79 Å². The predicted molar refractivity (Wildman–Crippen MR) is 64.0 cm³/mol. The van der Waals surface area contributed by atoms with Gasteiger partial charge in [-0.1, -0.05) is 0 Å². The van der Waals surface area contributed by atoms with Gasteiger partial charge in [-0.05, 0) is 31.4 Å². The van der Waals surface area contributed by atoms with Gasteiger partial charge < -0.3 is 19.3 Å². The number of aromatic hydroxyl groups is 1. The Labute approximate surface area is 105 Å². The first-order valence-electron chi connectivity index (χ1n) is 5.89. The van der Waals surface area contributed by atoms with Crippen LogP contribution in [0.3, 0.4) is 0 Å². The Hall–Kier alpha value is -1.91. The topological polar surface area (TPSA) is 65.0 Å². The molecule has 1 heterocycles. The summed E-state index contributed by atoms with van der Waals surface area (Å²) in [5, 5.41) is 9.65. The van der Waals surface area contributed by atoms with Gasteiger partial charge >= 0.3 is 5.97 Å². The molecule has 1 atom stereocenters. The summed E-state index contributed by atoms with van der Waals surface area (Å²) in [4.78, 5) is 11.6. The van der Waals surface area contributed by atoms with E-state index < -0.39 is 6.10 Å². The third-order valence-corrected chi connectivity index (χ3v) is 2.86. The Morgan fingerprint density at radius 3 is 3.00 bits per heavy atom. The zero-order chi connectivity index (χ0) is 13.1. The van der Waals surface area contributed by atoms with E-state index in [4.69, 9.17) is 14.2 Å². The van der Waals surface area contributed by atoms with E-state index in [1.807, 2.05) is 0 Å². The van der Waals surface area contributed by atoms with E-state index in [-0.39, 0.29) is 11.7 Å². The fourth-order valence-corrected chi connectivity index (χ4v) is 1.96. The average Bonchev–Trinajstić information content (AvgIpc) is 2.37. The molecular formula is C13H16O5. The molecule has 1 aliphatic rings. The van der Waals surface area contributed by atoms with E-state index in [9.17, 15) is 9.90 Å². The van der Waals surface area contributed by atoms with Crippen LogP contribution in [0.4, 0.5) is 0 Å². The second-order valence-electron chi connectivity index (χ2n) is 4.03. The summed E-state index contributed by atoms with van der Waals surface area (Å²) in [6, 6.07) is 3.20. The van der Waals surface area contributed by atoms with Crippen LogP contribution in [0, 0.1) is 0 Å². The Morgan fingerprint density at radius 1 is 1.56 bits per heavy atom. The van der Waals surface area contributed by atoms with E-state index in [0.29, 0.717) is 30.9 Å². The van der Waals surface area contributed by atoms with E-state index in [0.717, 1.165) is 5.56 Å². The second-order valence-corrected chi connectivity index (χ2v) is 4.03. The molecule has 2 rings (SSSR count). The van der Waals surface area contributed by atoms with Gasteiger partial charge in [0.1, 0.15) is 5.75 Å². The van der Waals surface area contributed by atoms with Gasteiger partial charge in [0.15, 0.2) is 17.6 Å². The minimum atomic E-state index is -0.577. The molecule has 0 aromatic heterocycles. The molecule has 5 nitrogen and oxygen atoms in total. The van der Waals surface area contributed by atoms with Gasteiger partial charge in [-0.15, -0.1) is 0 Å². The van der Waals surface area contributed by atoms with E-state index in [2.05, 4.69) is 0 Å². The second kappa shape index (κ2) is 5.16. The fraction of sp³-hybridized carbons (Fsp3) is 0.462. The third-order valence-electron chi connectivity index (χ3n) is 2.86. The number of aryl methyl sites for hydroxylation is 1. The van der Waals surface area contributed by atoms with Crippen molar-refractivity contribution in [2.45, 2.75) is 25.9 Å². The van der Waals surface area contributed by atoms with Crippen LogP contribution < -0.4 is 9.47 Å². The third kappa shape index (κ3) is 2.34. The largest absolute Gasteiger partial charge is 0.504 e. The molecule has 1 N–H and O–H groups in total. The van der Waals surface area contributed by atoms with Crippen molar-refractivity contribution in [1.82, 2.24) is 0 Å². The van der Waals surface area contributed by atoms with E-state index in [1.165, 1.54) is 7.11 Å². The highest BCUT2D eigenvalue weighted by Gasteiger charge is 2.28. The average molecular weight is 252 g/mol. The first kappa shape index (κ1) is 12.5. The standard InChI is InChI=1S/C13H16O5/c1-3-17-13(15)10-5-4-8-6-9(14)12(16-2)7-11(8)18-10/h6-7,10,14H,3-5H2,1-2H3. The zero-order valence-electron chi connectivity index (χ0n) is 10.4. The summed E-state index contributed by atoms with van der Waals surface area (Å²) < 4.78 is 15.5. The predicted octanol–water partition coefficient (Wildman–Crippen LogP) is 1.66. The summed E-state index contributed by atoms with van der Waals surface area (Å²) in [6.07, 6.45) is 0.639. The van der Waals surface area contributed by atoms with Crippen LogP contribution in [0.2, 0.25) is 0 Å². The van der Waals surface area contributed by atoms with Gasteiger partial charge in [0.2, 0.25) is 0 Å². The number of carbonyl (C=O) groups excluding carboxylic acids is 1. The summed E-state index contributed by atoms with van der Waals surface area (Å²) in [6.45, 7) is 2.10. The number of phenolic OH excluding ortho intramolecular Hbond substituents is 1. The molecule has 1 unspecified atom stereocenters. The van der Waals surface area contributed by atoms with Crippen LogP contribution in [0.25, 0.3) is 0 Å². The lowest BCUT2D eigenvalue weighted by atomic mass is 10.0. The number of carbonyl (C=O) groups is 1. The molecule has 1 aromatic carbocycles. The summed E-state index contributed by atoms with van der Waals surface area (Å²) in [7, 11) is 1.47. The van der Waals surface area contributed by atoms with Crippen LogP contribution in [0.15, 0.2) is 12.1 Å². The molecule has 1 aromatic rings. The number of hydrogen-bond donors (Lipinski definition) is 1. The van der Waals surface area contributed by atoms with E-state index in [1.54, 1.807) is 19.1 Å². The molecule has 0 saturated carbocycles. The zero-order valence-corrected chi connectivity index (χ0v) is 10.4. The molecule has 0 aliphatic carbocycles.